The van der Waals surface area contributed by atoms with Crippen molar-refractivity contribution >= 4 is 28.6 Å². The lowest BCUT2D eigenvalue weighted by molar-refractivity contribution is -0.139. The third kappa shape index (κ3) is 4.16. The van der Waals surface area contributed by atoms with E-state index in [9.17, 15) is 14.4 Å². The minimum atomic E-state index is -0.155. The number of rotatable bonds is 6. The molecule has 6 nitrogen and oxygen atoms in total. The Morgan fingerprint density at radius 3 is 2.45 bits per heavy atom. The first-order valence-electron chi connectivity index (χ1n) is 9.65. The molecule has 3 amide bonds. The summed E-state index contributed by atoms with van der Waals surface area (Å²) in [5, 5.41) is 4.02. The van der Waals surface area contributed by atoms with Crippen LogP contribution < -0.4 is 5.32 Å². The number of nitrogens with one attached hydrogen (secondary N) is 1. The molecule has 1 aliphatic rings. The average molecular weight is 387 g/mol. The molecule has 0 saturated carbocycles. The number of aromatic nitrogens is 1. The Morgan fingerprint density at radius 1 is 0.966 bits per heavy atom. The van der Waals surface area contributed by atoms with Crippen LogP contribution in [0.25, 0.3) is 10.9 Å². The summed E-state index contributed by atoms with van der Waals surface area (Å²) in [4.78, 5) is 41.6. The molecule has 1 aliphatic heterocycles. The van der Waals surface area contributed by atoms with E-state index in [-0.39, 0.29) is 37.1 Å². The first-order valence-corrected chi connectivity index (χ1v) is 9.65. The molecule has 0 bridgehead atoms. The lowest BCUT2D eigenvalue weighted by Crippen LogP contribution is -2.28. The van der Waals surface area contributed by atoms with Crippen LogP contribution in [0.5, 0.6) is 0 Å². The first-order chi connectivity index (χ1) is 14.1. The lowest BCUT2D eigenvalue weighted by atomic mass is 10.1. The third-order valence-corrected chi connectivity index (χ3v) is 5.11. The molecule has 0 aliphatic carbocycles. The Hall–Kier alpha value is -3.54. The van der Waals surface area contributed by atoms with Crippen molar-refractivity contribution in [3.8, 4) is 0 Å². The van der Waals surface area contributed by atoms with Crippen LogP contribution in [0.1, 0.15) is 34.3 Å². The molecule has 3 aromatic rings. The van der Waals surface area contributed by atoms with Crippen molar-refractivity contribution in [2.24, 2.45) is 0 Å². The van der Waals surface area contributed by atoms with Crippen LogP contribution in [-0.4, -0.2) is 34.2 Å². The van der Waals surface area contributed by atoms with Gasteiger partial charge < -0.3 is 5.32 Å². The van der Waals surface area contributed by atoms with Crippen molar-refractivity contribution in [2.45, 2.75) is 25.8 Å². The highest BCUT2D eigenvalue weighted by atomic mass is 16.2. The number of fused-ring (bicyclic) bond motifs is 1. The second kappa shape index (κ2) is 8.22. The summed E-state index contributed by atoms with van der Waals surface area (Å²) in [5.74, 6) is -0.433. The van der Waals surface area contributed by atoms with E-state index < -0.39 is 0 Å². The van der Waals surface area contributed by atoms with Crippen molar-refractivity contribution in [2.75, 3.05) is 6.54 Å². The van der Waals surface area contributed by atoms with Crippen LogP contribution in [0.15, 0.2) is 60.8 Å². The molecule has 1 N–H and O–H groups in total. The Bertz CT molecular complexity index is 1050. The number of benzene rings is 2. The average Bonchev–Trinajstić information content (AvgIpc) is 3.06. The van der Waals surface area contributed by atoms with Gasteiger partial charge in [0.15, 0.2) is 0 Å². The summed E-state index contributed by atoms with van der Waals surface area (Å²) in [5.41, 5.74) is 3.43. The van der Waals surface area contributed by atoms with E-state index in [2.05, 4.69) is 10.3 Å². The van der Waals surface area contributed by atoms with E-state index in [4.69, 9.17) is 0 Å². The normalized spacial score (nSPS) is 13.9. The fourth-order valence-corrected chi connectivity index (χ4v) is 3.53. The van der Waals surface area contributed by atoms with E-state index in [0.717, 1.165) is 22.0 Å². The number of likely N-dealkylation sites (tertiary alicyclic amines) is 1. The van der Waals surface area contributed by atoms with Crippen LogP contribution in [0.2, 0.25) is 0 Å². The van der Waals surface area contributed by atoms with Gasteiger partial charge in [-0.1, -0.05) is 36.4 Å². The molecular weight excluding hydrogens is 366 g/mol. The topological polar surface area (TPSA) is 79.4 Å². The van der Waals surface area contributed by atoms with E-state index in [0.29, 0.717) is 18.5 Å². The maximum Gasteiger partial charge on any atom is 0.251 e. The molecule has 29 heavy (non-hydrogen) atoms. The third-order valence-electron chi connectivity index (χ3n) is 5.11. The number of carbonyl (C=O) groups is 3. The summed E-state index contributed by atoms with van der Waals surface area (Å²) in [6.45, 7) is 0.765. The van der Waals surface area contributed by atoms with Gasteiger partial charge in [-0.15, -0.1) is 0 Å². The van der Waals surface area contributed by atoms with Gasteiger partial charge in [-0.2, -0.15) is 0 Å². The van der Waals surface area contributed by atoms with Crippen LogP contribution in [-0.2, 0) is 22.6 Å². The van der Waals surface area contributed by atoms with Crippen molar-refractivity contribution in [1.29, 1.82) is 0 Å². The zero-order valence-corrected chi connectivity index (χ0v) is 15.9. The molecule has 2 heterocycles. The van der Waals surface area contributed by atoms with Gasteiger partial charge in [-0.05, 0) is 35.7 Å². The molecule has 1 saturated heterocycles. The Kier molecular flexibility index (Phi) is 5.33. The van der Waals surface area contributed by atoms with Crippen molar-refractivity contribution in [1.82, 2.24) is 15.2 Å². The number of imide groups is 1. The van der Waals surface area contributed by atoms with E-state index in [1.807, 2.05) is 30.3 Å². The molecule has 0 atom stereocenters. The van der Waals surface area contributed by atoms with Crippen LogP contribution in [0.4, 0.5) is 0 Å². The molecule has 6 heteroatoms. The monoisotopic (exact) mass is 387 g/mol. The predicted octanol–water partition coefficient (Wildman–Crippen LogP) is 2.86. The quantitative estimate of drug-likeness (QED) is 0.660. The van der Waals surface area contributed by atoms with Gasteiger partial charge in [0.1, 0.15) is 0 Å². The highest BCUT2D eigenvalue weighted by Gasteiger charge is 2.28. The van der Waals surface area contributed by atoms with E-state index in [1.54, 1.807) is 30.5 Å². The van der Waals surface area contributed by atoms with Gasteiger partial charge in [0.05, 0.1) is 12.1 Å². The van der Waals surface area contributed by atoms with Crippen LogP contribution in [0.3, 0.4) is 0 Å². The number of amides is 3. The number of pyridine rings is 1. The smallest absolute Gasteiger partial charge is 0.251 e. The predicted molar refractivity (Wildman–Crippen MR) is 109 cm³/mol. The van der Waals surface area contributed by atoms with Crippen LogP contribution >= 0.6 is 0 Å². The molecular formula is C23H21N3O3. The summed E-state index contributed by atoms with van der Waals surface area (Å²) >= 11 is 0. The SMILES string of the molecule is O=C(NCCc1cccc2cccnc12)c1ccc(CN2C(=O)CCC2=O)cc1. The van der Waals surface area contributed by atoms with Crippen LogP contribution in [0, 0.1) is 0 Å². The second-order valence-corrected chi connectivity index (χ2v) is 7.07. The molecule has 0 unspecified atom stereocenters. The zero-order valence-electron chi connectivity index (χ0n) is 15.9. The Labute approximate surface area is 168 Å². The highest BCUT2D eigenvalue weighted by Crippen LogP contribution is 2.17. The lowest BCUT2D eigenvalue weighted by Gasteiger charge is -2.14. The maximum atomic E-state index is 12.4. The Balaban J connectivity index is 1.34. The Morgan fingerprint density at radius 2 is 1.69 bits per heavy atom. The minimum absolute atomic E-state index is 0.139. The molecule has 0 spiro atoms. The minimum Gasteiger partial charge on any atom is -0.352 e. The molecule has 2 aromatic carbocycles. The van der Waals surface area contributed by atoms with Crippen molar-refractivity contribution in [3.05, 3.63) is 77.5 Å². The van der Waals surface area contributed by atoms with Gasteiger partial charge in [-0.3, -0.25) is 24.3 Å². The fourth-order valence-electron chi connectivity index (χ4n) is 3.53. The fraction of sp³-hybridized carbons (Fsp3) is 0.217. The highest BCUT2D eigenvalue weighted by molar-refractivity contribution is 6.01. The largest absolute Gasteiger partial charge is 0.352 e. The van der Waals surface area contributed by atoms with Gasteiger partial charge >= 0.3 is 0 Å². The molecule has 1 fully saturated rings. The summed E-state index contributed by atoms with van der Waals surface area (Å²) < 4.78 is 0. The van der Waals surface area contributed by atoms with Gasteiger partial charge in [0.25, 0.3) is 5.91 Å². The number of hydrogen-bond donors (Lipinski definition) is 1. The number of para-hydroxylation sites is 1. The van der Waals surface area contributed by atoms with Gasteiger partial charge in [-0.25, -0.2) is 0 Å². The second-order valence-electron chi connectivity index (χ2n) is 7.07. The van der Waals surface area contributed by atoms with Crippen molar-refractivity contribution < 1.29 is 14.4 Å². The zero-order chi connectivity index (χ0) is 20.2. The summed E-state index contributed by atoms with van der Waals surface area (Å²) in [6.07, 6.45) is 3.03. The molecule has 146 valence electrons. The number of hydrogen-bond acceptors (Lipinski definition) is 4. The standard InChI is InChI=1S/C23H21N3O3/c27-20-10-11-21(28)26(20)15-16-6-8-19(9-7-16)23(29)25-14-12-18-4-1-3-17-5-2-13-24-22(17)18/h1-9,13H,10-12,14-15H2,(H,25,29). The van der Waals surface area contributed by atoms with Crippen molar-refractivity contribution in [3.63, 3.8) is 0 Å². The molecule has 4 rings (SSSR count). The first kappa shape index (κ1) is 18.8. The number of nitrogens with zero attached hydrogens (tertiary/aromatic N) is 2. The summed E-state index contributed by atoms with van der Waals surface area (Å²) in [6, 6.07) is 17.0. The summed E-state index contributed by atoms with van der Waals surface area (Å²) in [7, 11) is 0. The van der Waals surface area contributed by atoms with Gasteiger partial charge in [0, 0.05) is 36.5 Å². The molecule has 1 aromatic heterocycles. The molecule has 0 radical (unpaired) electrons. The van der Waals surface area contributed by atoms with E-state index >= 15 is 0 Å². The van der Waals surface area contributed by atoms with E-state index in [1.165, 1.54) is 4.90 Å². The van der Waals surface area contributed by atoms with Gasteiger partial charge in [0.2, 0.25) is 11.8 Å². The number of carbonyl (C=O) groups excluding carboxylic acids is 3. The maximum absolute atomic E-state index is 12.4.